The van der Waals surface area contributed by atoms with E-state index in [2.05, 4.69) is 0 Å². The van der Waals surface area contributed by atoms with Crippen molar-refractivity contribution in [2.24, 2.45) is 0 Å². The summed E-state index contributed by atoms with van der Waals surface area (Å²) in [4.78, 5) is 9.77. The molecule has 0 heterocycles. The summed E-state index contributed by atoms with van der Waals surface area (Å²) in [6.07, 6.45) is 2.44. The minimum Gasteiger partial charge on any atom is -0.298 e. The SMILES string of the molecule is C/C(C=O)=C\CCl. The van der Waals surface area contributed by atoms with Gasteiger partial charge < -0.3 is 0 Å². The first-order valence-corrected chi connectivity index (χ1v) is 2.52. The van der Waals surface area contributed by atoms with Crippen molar-refractivity contribution in [3.8, 4) is 0 Å². The van der Waals surface area contributed by atoms with Crippen molar-refractivity contribution in [1.82, 2.24) is 0 Å². The number of allylic oxidation sites excluding steroid dienone is 2. The van der Waals surface area contributed by atoms with Gasteiger partial charge in [-0.1, -0.05) is 6.08 Å². The van der Waals surface area contributed by atoms with Gasteiger partial charge in [-0.25, -0.2) is 0 Å². The summed E-state index contributed by atoms with van der Waals surface area (Å²) >= 11 is 5.24. The van der Waals surface area contributed by atoms with Gasteiger partial charge in [0.25, 0.3) is 0 Å². The van der Waals surface area contributed by atoms with Crippen LogP contribution >= 0.6 is 11.6 Å². The lowest BCUT2D eigenvalue weighted by Gasteiger charge is -1.78. The molecule has 40 valence electrons. The summed E-state index contributed by atoms with van der Waals surface area (Å²) in [5.41, 5.74) is 0.690. The zero-order valence-electron chi connectivity index (χ0n) is 4.15. The highest BCUT2D eigenvalue weighted by Crippen LogP contribution is 1.86. The third-order valence-corrected chi connectivity index (χ3v) is 0.739. The van der Waals surface area contributed by atoms with Gasteiger partial charge >= 0.3 is 0 Å². The van der Waals surface area contributed by atoms with Gasteiger partial charge in [-0.05, 0) is 12.5 Å². The van der Waals surface area contributed by atoms with Gasteiger partial charge in [0.15, 0.2) is 0 Å². The van der Waals surface area contributed by atoms with Crippen LogP contribution < -0.4 is 0 Å². The van der Waals surface area contributed by atoms with Crippen LogP contribution in [0.25, 0.3) is 0 Å². The number of aldehydes is 1. The van der Waals surface area contributed by atoms with Crippen LogP contribution in [-0.4, -0.2) is 12.2 Å². The number of halogens is 1. The number of alkyl halides is 1. The second-order valence-electron chi connectivity index (χ2n) is 1.22. The number of hydrogen-bond acceptors (Lipinski definition) is 1. The largest absolute Gasteiger partial charge is 0.298 e. The van der Waals surface area contributed by atoms with E-state index in [-0.39, 0.29) is 0 Å². The standard InChI is InChI=1S/C5H7ClO/c1-5(4-7)2-3-6/h2,4H,3H2,1H3/b5-2+. The molecule has 1 nitrogen and oxygen atoms in total. The maximum Gasteiger partial charge on any atom is 0.145 e. The van der Waals surface area contributed by atoms with Gasteiger partial charge in [-0.3, -0.25) is 4.79 Å². The van der Waals surface area contributed by atoms with Crippen molar-refractivity contribution in [3.63, 3.8) is 0 Å². The monoisotopic (exact) mass is 118 g/mol. The fourth-order valence-corrected chi connectivity index (χ4v) is 0.413. The molecule has 0 aromatic heterocycles. The predicted octanol–water partition coefficient (Wildman–Crippen LogP) is 1.37. The molecule has 7 heavy (non-hydrogen) atoms. The Hall–Kier alpha value is -0.300. The highest BCUT2D eigenvalue weighted by Gasteiger charge is 1.77. The minimum absolute atomic E-state index is 0.421. The van der Waals surface area contributed by atoms with Crippen LogP contribution in [0, 0.1) is 0 Å². The maximum absolute atomic E-state index is 9.77. The summed E-state index contributed by atoms with van der Waals surface area (Å²) in [5.74, 6) is 0.421. The maximum atomic E-state index is 9.77. The molecule has 0 amide bonds. The Labute approximate surface area is 48.0 Å². The van der Waals surface area contributed by atoms with E-state index in [0.717, 1.165) is 6.29 Å². The molecule has 0 aliphatic carbocycles. The number of rotatable bonds is 2. The molecular formula is C5H7ClO. The zero-order chi connectivity index (χ0) is 5.70. The lowest BCUT2D eigenvalue weighted by molar-refractivity contribution is -0.104. The molecule has 0 aliphatic heterocycles. The van der Waals surface area contributed by atoms with Crippen molar-refractivity contribution in [3.05, 3.63) is 11.6 Å². The average Bonchev–Trinajstić information content (AvgIpc) is 1.68. The van der Waals surface area contributed by atoms with Gasteiger partial charge in [-0.15, -0.1) is 11.6 Å². The molecule has 2 heteroatoms. The van der Waals surface area contributed by atoms with Crippen LogP contribution in [-0.2, 0) is 4.79 Å². The van der Waals surface area contributed by atoms with Crippen LogP contribution in [0.4, 0.5) is 0 Å². The fraction of sp³-hybridized carbons (Fsp3) is 0.400. The van der Waals surface area contributed by atoms with E-state index >= 15 is 0 Å². The molecule has 0 spiro atoms. The first-order chi connectivity index (χ1) is 3.31. The Morgan fingerprint density at radius 3 is 2.57 bits per heavy atom. The lowest BCUT2D eigenvalue weighted by atomic mass is 10.3. The summed E-state index contributed by atoms with van der Waals surface area (Å²) < 4.78 is 0. The molecular weight excluding hydrogens is 112 g/mol. The van der Waals surface area contributed by atoms with Crippen molar-refractivity contribution in [1.29, 1.82) is 0 Å². The van der Waals surface area contributed by atoms with E-state index in [4.69, 9.17) is 11.6 Å². The Morgan fingerprint density at radius 2 is 2.43 bits per heavy atom. The highest BCUT2D eigenvalue weighted by atomic mass is 35.5. The van der Waals surface area contributed by atoms with Crippen LogP contribution in [0.15, 0.2) is 11.6 Å². The summed E-state index contributed by atoms with van der Waals surface area (Å²) in [5, 5.41) is 0. The molecule has 0 aliphatic rings. The molecule has 0 saturated heterocycles. The summed E-state index contributed by atoms with van der Waals surface area (Å²) in [6.45, 7) is 1.72. The smallest absolute Gasteiger partial charge is 0.145 e. The van der Waals surface area contributed by atoms with Crippen molar-refractivity contribution in [2.45, 2.75) is 6.92 Å². The third-order valence-electron chi connectivity index (χ3n) is 0.585. The molecule has 0 unspecified atom stereocenters. The van der Waals surface area contributed by atoms with E-state index in [1.165, 1.54) is 0 Å². The summed E-state index contributed by atoms with van der Waals surface area (Å²) in [7, 11) is 0. The van der Waals surface area contributed by atoms with E-state index in [1.54, 1.807) is 13.0 Å². The second-order valence-corrected chi connectivity index (χ2v) is 1.53. The molecule has 0 saturated carbocycles. The summed E-state index contributed by atoms with van der Waals surface area (Å²) in [6, 6.07) is 0. The van der Waals surface area contributed by atoms with Crippen LogP contribution in [0.3, 0.4) is 0 Å². The normalized spacial score (nSPS) is 11.4. The van der Waals surface area contributed by atoms with Gasteiger partial charge in [0.2, 0.25) is 0 Å². The molecule has 0 aromatic rings. The predicted molar refractivity (Wildman–Crippen MR) is 30.5 cm³/mol. The van der Waals surface area contributed by atoms with Gasteiger partial charge in [0, 0.05) is 5.88 Å². The molecule has 0 N–H and O–H groups in total. The van der Waals surface area contributed by atoms with Crippen LogP contribution in [0.1, 0.15) is 6.92 Å². The van der Waals surface area contributed by atoms with Gasteiger partial charge in [0.05, 0.1) is 0 Å². The van der Waals surface area contributed by atoms with Crippen molar-refractivity contribution >= 4 is 17.9 Å². The molecule has 0 fully saturated rings. The first kappa shape index (κ1) is 6.70. The van der Waals surface area contributed by atoms with Crippen molar-refractivity contribution in [2.75, 3.05) is 5.88 Å². The quantitative estimate of drug-likeness (QED) is 0.304. The lowest BCUT2D eigenvalue weighted by Crippen LogP contribution is -1.74. The van der Waals surface area contributed by atoms with Crippen molar-refractivity contribution < 1.29 is 4.79 Å². The van der Waals surface area contributed by atoms with E-state index in [0.29, 0.717) is 11.5 Å². The number of carbonyl (C=O) groups excluding carboxylic acids is 1. The Kier molecular flexibility index (Phi) is 3.71. The number of hydrogen-bond donors (Lipinski definition) is 0. The van der Waals surface area contributed by atoms with E-state index in [9.17, 15) is 4.79 Å². The Bertz CT molecular complexity index is 86.1. The molecule has 0 atom stereocenters. The first-order valence-electron chi connectivity index (χ1n) is 1.99. The highest BCUT2D eigenvalue weighted by molar-refractivity contribution is 6.19. The molecule has 0 aromatic carbocycles. The van der Waals surface area contributed by atoms with Gasteiger partial charge in [0.1, 0.15) is 6.29 Å². The topological polar surface area (TPSA) is 17.1 Å². The fourth-order valence-electron chi connectivity index (χ4n) is 0.170. The van der Waals surface area contributed by atoms with Gasteiger partial charge in [-0.2, -0.15) is 0 Å². The molecule has 0 radical (unpaired) electrons. The zero-order valence-corrected chi connectivity index (χ0v) is 4.90. The number of carbonyl (C=O) groups is 1. The second kappa shape index (κ2) is 3.88. The Morgan fingerprint density at radius 1 is 1.86 bits per heavy atom. The third kappa shape index (κ3) is 3.53. The molecule has 0 rings (SSSR count). The average molecular weight is 119 g/mol. The molecule has 0 bridgehead atoms. The van der Waals surface area contributed by atoms with Crippen LogP contribution in [0.2, 0.25) is 0 Å². The van der Waals surface area contributed by atoms with Crippen LogP contribution in [0.5, 0.6) is 0 Å². The van der Waals surface area contributed by atoms with E-state index in [1.807, 2.05) is 0 Å². The Balaban J connectivity index is 3.49. The van der Waals surface area contributed by atoms with E-state index < -0.39 is 0 Å². The minimum atomic E-state index is 0.421.